The quantitative estimate of drug-likeness (QED) is 0.487. The van der Waals surface area contributed by atoms with Crippen LogP contribution >= 0.6 is 23.2 Å². The number of anilines is 2. The summed E-state index contributed by atoms with van der Waals surface area (Å²) in [5.41, 5.74) is 2.32. The van der Waals surface area contributed by atoms with Crippen LogP contribution in [0.15, 0.2) is 42.5 Å². The molecule has 0 aromatic heterocycles. The van der Waals surface area contributed by atoms with Gasteiger partial charge in [0.05, 0.1) is 22.8 Å². The van der Waals surface area contributed by atoms with Gasteiger partial charge in [0, 0.05) is 31.6 Å². The first kappa shape index (κ1) is 24.9. The van der Waals surface area contributed by atoms with Crippen LogP contribution in [-0.2, 0) is 14.3 Å². The molecule has 2 N–H and O–H groups in total. The molecule has 0 atom stereocenters. The standard InChI is InChI=1S/C24H27Cl2N3O4/c1-33-22(31)7-3-6-21(30)27-18-10-8-16(9-11-18)17-12-14-29(15-13-17)24(32)28-23-19(25)4-2-5-20(23)26/h2,4-5,8-11,17H,3,6-7,12-15H2,1H3,(H,27,30)(H,28,32). The minimum absolute atomic E-state index is 0.135. The number of hydrogen-bond acceptors (Lipinski definition) is 4. The second-order valence-electron chi connectivity index (χ2n) is 7.89. The van der Waals surface area contributed by atoms with E-state index >= 15 is 0 Å². The largest absolute Gasteiger partial charge is 0.469 e. The monoisotopic (exact) mass is 491 g/mol. The molecule has 0 spiro atoms. The third kappa shape index (κ3) is 7.11. The Morgan fingerprint density at radius 2 is 1.61 bits per heavy atom. The van der Waals surface area contributed by atoms with Gasteiger partial charge in [-0.25, -0.2) is 4.79 Å². The summed E-state index contributed by atoms with van der Waals surface area (Å²) in [7, 11) is 1.33. The van der Waals surface area contributed by atoms with Crippen molar-refractivity contribution in [2.75, 3.05) is 30.8 Å². The number of ether oxygens (including phenoxy) is 1. The molecule has 0 saturated carbocycles. The van der Waals surface area contributed by atoms with Crippen LogP contribution in [-0.4, -0.2) is 43.0 Å². The molecular weight excluding hydrogens is 465 g/mol. The van der Waals surface area contributed by atoms with Gasteiger partial charge in [-0.1, -0.05) is 41.4 Å². The highest BCUT2D eigenvalue weighted by molar-refractivity contribution is 6.39. The Kier molecular flexibility index (Phi) is 8.97. The SMILES string of the molecule is COC(=O)CCCC(=O)Nc1ccc(C2CCN(C(=O)Nc3c(Cl)cccc3Cl)CC2)cc1. The van der Waals surface area contributed by atoms with Crippen LogP contribution in [0, 0.1) is 0 Å². The van der Waals surface area contributed by atoms with Crippen LogP contribution in [0.1, 0.15) is 43.6 Å². The number of carbonyl (C=O) groups is 3. The molecule has 2 aromatic carbocycles. The number of para-hydroxylation sites is 1. The summed E-state index contributed by atoms with van der Waals surface area (Å²) < 4.78 is 4.57. The molecule has 1 aliphatic heterocycles. The van der Waals surface area contributed by atoms with Crippen LogP contribution in [0.25, 0.3) is 0 Å². The molecule has 2 aromatic rings. The van der Waals surface area contributed by atoms with Crippen molar-refractivity contribution >= 4 is 52.5 Å². The zero-order valence-corrected chi connectivity index (χ0v) is 19.9. The normalized spacial score (nSPS) is 14.0. The number of esters is 1. The Morgan fingerprint density at radius 3 is 2.21 bits per heavy atom. The maximum Gasteiger partial charge on any atom is 0.321 e. The van der Waals surface area contributed by atoms with E-state index in [9.17, 15) is 14.4 Å². The highest BCUT2D eigenvalue weighted by atomic mass is 35.5. The summed E-state index contributed by atoms with van der Waals surface area (Å²) in [6.45, 7) is 1.24. The summed E-state index contributed by atoms with van der Waals surface area (Å²) in [4.78, 5) is 37.5. The summed E-state index contributed by atoms with van der Waals surface area (Å²) in [5.74, 6) is -0.115. The predicted molar refractivity (Wildman–Crippen MR) is 130 cm³/mol. The van der Waals surface area contributed by atoms with Gasteiger partial charge in [0.2, 0.25) is 5.91 Å². The van der Waals surface area contributed by atoms with Gasteiger partial charge in [-0.15, -0.1) is 0 Å². The van der Waals surface area contributed by atoms with Crippen molar-refractivity contribution in [1.29, 1.82) is 0 Å². The number of piperidine rings is 1. The van der Waals surface area contributed by atoms with E-state index in [0.29, 0.717) is 41.2 Å². The van der Waals surface area contributed by atoms with E-state index in [-0.39, 0.29) is 30.7 Å². The van der Waals surface area contributed by atoms with E-state index in [2.05, 4.69) is 15.4 Å². The molecule has 176 valence electrons. The first-order chi connectivity index (χ1) is 15.9. The second-order valence-corrected chi connectivity index (χ2v) is 8.70. The Bertz CT molecular complexity index is 969. The summed E-state index contributed by atoms with van der Waals surface area (Å²) in [5, 5.41) is 6.46. The fourth-order valence-electron chi connectivity index (χ4n) is 3.78. The number of benzene rings is 2. The molecule has 0 unspecified atom stereocenters. The Balaban J connectivity index is 1.46. The number of carbonyl (C=O) groups excluding carboxylic acids is 3. The number of hydrogen-bond donors (Lipinski definition) is 2. The molecule has 0 radical (unpaired) electrons. The molecule has 7 nitrogen and oxygen atoms in total. The molecule has 3 amide bonds. The minimum Gasteiger partial charge on any atom is -0.469 e. The van der Waals surface area contributed by atoms with Crippen LogP contribution in [0.4, 0.5) is 16.2 Å². The lowest BCUT2D eigenvalue weighted by atomic mass is 9.89. The van der Waals surface area contributed by atoms with Gasteiger partial charge in [-0.05, 0) is 55.0 Å². The van der Waals surface area contributed by atoms with Crippen molar-refractivity contribution in [3.05, 3.63) is 58.1 Å². The molecule has 0 aliphatic carbocycles. The van der Waals surface area contributed by atoms with E-state index in [1.54, 1.807) is 23.1 Å². The topological polar surface area (TPSA) is 87.7 Å². The van der Waals surface area contributed by atoms with Crippen LogP contribution in [0.2, 0.25) is 10.0 Å². The van der Waals surface area contributed by atoms with Gasteiger partial charge in [-0.3, -0.25) is 9.59 Å². The number of nitrogens with zero attached hydrogens (tertiary/aromatic N) is 1. The molecular formula is C24H27Cl2N3O4. The van der Waals surface area contributed by atoms with Crippen LogP contribution in [0.5, 0.6) is 0 Å². The molecule has 1 saturated heterocycles. The van der Waals surface area contributed by atoms with Gasteiger partial charge in [-0.2, -0.15) is 0 Å². The lowest BCUT2D eigenvalue weighted by molar-refractivity contribution is -0.140. The first-order valence-corrected chi connectivity index (χ1v) is 11.6. The molecule has 0 bridgehead atoms. The minimum atomic E-state index is -0.316. The molecule has 33 heavy (non-hydrogen) atoms. The lowest BCUT2D eigenvalue weighted by Gasteiger charge is -2.32. The Morgan fingerprint density at radius 1 is 0.970 bits per heavy atom. The molecule has 1 aliphatic rings. The van der Waals surface area contributed by atoms with Gasteiger partial charge in [0.1, 0.15) is 0 Å². The van der Waals surface area contributed by atoms with Gasteiger partial charge in [0.25, 0.3) is 0 Å². The third-order valence-corrected chi connectivity index (χ3v) is 6.29. The van der Waals surface area contributed by atoms with Crippen molar-refractivity contribution in [2.45, 2.75) is 38.0 Å². The first-order valence-electron chi connectivity index (χ1n) is 10.8. The second kappa shape index (κ2) is 11.9. The maximum atomic E-state index is 12.6. The van der Waals surface area contributed by atoms with Crippen molar-refractivity contribution in [3.63, 3.8) is 0 Å². The highest BCUT2D eigenvalue weighted by Gasteiger charge is 2.24. The van der Waals surface area contributed by atoms with Crippen LogP contribution in [0.3, 0.4) is 0 Å². The number of rotatable bonds is 7. The predicted octanol–water partition coefficient (Wildman–Crippen LogP) is 5.69. The van der Waals surface area contributed by atoms with E-state index in [1.807, 2.05) is 24.3 Å². The maximum absolute atomic E-state index is 12.6. The fourth-order valence-corrected chi connectivity index (χ4v) is 4.27. The molecule has 1 heterocycles. The van der Waals surface area contributed by atoms with Crippen molar-refractivity contribution in [3.8, 4) is 0 Å². The fraction of sp³-hybridized carbons (Fsp3) is 0.375. The number of likely N-dealkylation sites (tertiary alicyclic amines) is 1. The van der Waals surface area contributed by atoms with Crippen molar-refractivity contribution in [2.24, 2.45) is 0 Å². The highest BCUT2D eigenvalue weighted by Crippen LogP contribution is 2.32. The molecule has 9 heteroatoms. The smallest absolute Gasteiger partial charge is 0.321 e. The zero-order chi connectivity index (χ0) is 23.8. The average Bonchev–Trinajstić information content (AvgIpc) is 2.82. The Hall–Kier alpha value is -2.77. The summed E-state index contributed by atoms with van der Waals surface area (Å²) in [6.07, 6.45) is 2.61. The number of methoxy groups -OCH3 is 1. The average molecular weight is 492 g/mol. The number of urea groups is 1. The van der Waals surface area contributed by atoms with Gasteiger partial charge >= 0.3 is 12.0 Å². The van der Waals surface area contributed by atoms with E-state index in [4.69, 9.17) is 23.2 Å². The third-order valence-electron chi connectivity index (χ3n) is 5.66. The van der Waals surface area contributed by atoms with E-state index < -0.39 is 0 Å². The molecule has 1 fully saturated rings. The lowest BCUT2D eigenvalue weighted by Crippen LogP contribution is -2.40. The van der Waals surface area contributed by atoms with Crippen molar-refractivity contribution < 1.29 is 19.1 Å². The van der Waals surface area contributed by atoms with Gasteiger partial charge in [0.15, 0.2) is 0 Å². The summed E-state index contributed by atoms with van der Waals surface area (Å²) >= 11 is 12.3. The number of halogens is 2. The summed E-state index contributed by atoms with van der Waals surface area (Å²) in [6, 6.07) is 12.7. The van der Waals surface area contributed by atoms with Crippen LogP contribution < -0.4 is 10.6 Å². The number of amides is 3. The van der Waals surface area contributed by atoms with Crippen molar-refractivity contribution in [1.82, 2.24) is 4.90 Å². The van der Waals surface area contributed by atoms with E-state index in [1.165, 1.54) is 12.7 Å². The van der Waals surface area contributed by atoms with Gasteiger partial charge < -0.3 is 20.3 Å². The number of nitrogens with one attached hydrogen (secondary N) is 2. The zero-order valence-electron chi connectivity index (χ0n) is 18.4. The van der Waals surface area contributed by atoms with E-state index in [0.717, 1.165) is 18.5 Å². The molecule has 3 rings (SSSR count). The Labute approximate surface area is 203 Å².